The molecule has 0 saturated heterocycles. The molecule has 0 aliphatic heterocycles. The van der Waals surface area contributed by atoms with Crippen molar-refractivity contribution in [2.75, 3.05) is 0 Å². The smallest absolute Gasteiger partial charge is 0.426 e. The predicted octanol–water partition coefficient (Wildman–Crippen LogP) is 2.99. The first-order valence-corrected chi connectivity index (χ1v) is 6.57. The molecule has 1 aromatic rings. The van der Waals surface area contributed by atoms with Crippen LogP contribution >= 0.6 is 0 Å². The molecule has 2 N–H and O–H groups in total. The first-order valence-electron chi connectivity index (χ1n) is 6.57. The number of alkyl halides is 1. The van der Waals surface area contributed by atoms with E-state index < -0.39 is 18.6 Å². The summed E-state index contributed by atoms with van der Waals surface area (Å²) < 4.78 is 14.4. The Labute approximate surface area is 113 Å². The van der Waals surface area contributed by atoms with E-state index in [1.54, 1.807) is 12.2 Å². The molecule has 4 heteroatoms. The molecule has 1 aromatic carbocycles. The summed E-state index contributed by atoms with van der Waals surface area (Å²) in [6, 6.07) is 9.51. The van der Waals surface area contributed by atoms with Crippen LogP contribution < -0.4 is 0 Å². The summed E-state index contributed by atoms with van der Waals surface area (Å²) in [7, 11) is -1.69. The molecule has 100 valence electrons. The zero-order valence-electron chi connectivity index (χ0n) is 11.0. The van der Waals surface area contributed by atoms with Crippen molar-refractivity contribution in [1.82, 2.24) is 0 Å². The van der Waals surface area contributed by atoms with Crippen molar-refractivity contribution in [2.24, 2.45) is 0 Å². The fourth-order valence-corrected chi connectivity index (χ4v) is 2.54. The molecule has 0 bridgehead atoms. The summed E-state index contributed by atoms with van der Waals surface area (Å²) in [6.45, 7) is 1.90. The average molecular weight is 260 g/mol. The summed E-state index contributed by atoms with van der Waals surface area (Å²) in [5.74, 6) is 0. The Morgan fingerprint density at radius 2 is 1.95 bits per heavy atom. The molecular weight excluding hydrogens is 242 g/mol. The van der Waals surface area contributed by atoms with Crippen LogP contribution in [0.25, 0.3) is 5.57 Å². The van der Waals surface area contributed by atoms with Gasteiger partial charge in [-0.15, -0.1) is 0 Å². The van der Waals surface area contributed by atoms with Gasteiger partial charge in [0.15, 0.2) is 0 Å². The molecule has 0 saturated carbocycles. The Bertz CT molecular complexity index is 484. The first kappa shape index (κ1) is 14.0. The monoisotopic (exact) mass is 260 g/mol. The molecule has 0 fully saturated rings. The minimum absolute atomic E-state index is 0.404. The molecule has 0 spiro atoms. The van der Waals surface area contributed by atoms with Crippen LogP contribution in [0.4, 0.5) is 4.39 Å². The third kappa shape index (κ3) is 2.65. The molecule has 2 rings (SSSR count). The number of hydrogen-bond donors (Lipinski definition) is 2. The lowest BCUT2D eigenvalue weighted by molar-refractivity contribution is 0.255. The molecule has 0 radical (unpaired) electrons. The highest BCUT2D eigenvalue weighted by molar-refractivity contribution is 6.47. The Hall–Kier alpha value is -1.39. The second-order valence-electron chi connectivity index (χ2n) is 4.96. The molecule has 0 heterocycles. The maximum atomic E-state index is 14.4. The maximum absolute atomic E-state index is 14.4. The number of rotatable bonds is 4. The maximum Gasteiger partial charge on any atom is 0.465 e. The Morgan fingerprint density at radius 3 is 2.47 bits per heavy atom. The number of hydrogen-bond acceptors (Lipinski definition) is 2. The SMILES string of the molecule is CCCC1(B(O)O)C=CC(c2ccccc2)=CC1F. The Morgan fingerprint density at radius 1 is 1.26 bits per heavy atom. The Kier molecular flexibility index (Phi) is 4.22. The van der Waals surface area contributed by atoms with E-state index in [0.717, 1.165) is 11.1 Å². The lowest BCUT2D eigenvalue weighted by atomic mass is 9.52. The topological polar surface area (TPSA) is 40.5 Å². The van der Waals surface area contributed by atoms with Gasteiger partial charge in [0.1, 0.15) is 6.17 Å². The largest absolute Gasteiger partial charge is 0.465 e. The van der Waals surface area contributed by atoms with E-state index in [9.17, 15) is 14.4 Å². The van der Waals surface area contributed by atoms with E-state index in [4.69, 9.17) is 0 Å². The highest BCUT2D eigenvalue weighted by Crippen LogP contribution is 2.46. The first-order chi connectivity index (χ1) is 9.10. The molecular formula is C15H18BFO2. The normalized spacial score (nSPS) is 26.1. The van der Waals surface area contributed by atoms with Gasteiger partial charge in [-0.05, 0) is 23.6 Å². The third-order valence-corrected chi connectivity index (χ3v) is 3.68. The highest BCUT2D eigenvalue weighted by atomic mass is 19.1. The molecule has 19 heavy (non-hydrogen) atoms. The van der Waals surface area contributed by atoms with Crippen molar-refractivity contribution in [1.29, 1.82) is 0 Å². The number of halogens is 1. The zero-order chi connectivity index (χ0) is 13.9. The van der Waals surface area contributed by atoms with Gasteiger partial charge in [0.2, 0.25) is 0 Å². The molecule has 2 nitrogen and oxygen atoms in total. The molecule has 2 unspecified atom stereocenters. The van der Waals surface area contributed by atoms with Crippen LogP contribution in [0.5, 0.6) is 0 Å². The van der Waals surface area contributed by atoms with Crippen LogP contribution in [0.2, 0.25) is 5.31 Å². The Balaban J connectivity index is 2.31. The van der Waals surface area contributed by atoms with Gasteiger partial charge < -0.3 is 10.0 Å². The molecule has 0 aromatic heterocycles. The van der Waals surface area contributed by atoms with Crippen molar-refractivity contribution >= 4 is 12.7 Å². The van der Waals surface area contributed by atoms with Crippen LogP contribution in [0, 0.1) is 0 Å². The van der Waals surface area contributed by atoms with Crippen molar-refractivity contribution in [3.63, 3.8) is 0 Å². The van der Waals surface area contributed by atoms with Crippen LogP contribution in [0.3, 0.4) is 0 Å². The fourth-order valence-electron chi connectivity index (χ4n) is 2.54. The molecule has 2 atom stereocenters. The fraction of sp³-hybridized carbons (Fsp3) is 0.333. The molecule has 1 aliphatic rings. The van der Waals surface area contributed by atoms with E-state index in [1.165, 1.54) is 6.08 Å². The van der Waals surface area contributed by atoms with Crippen LogP contribution in [0.1, 0.15) is 25.3 Å². The van der Waals surface area contributed by atoms with E-state index in [0.29, 0.717) is 12.8 Å². The minimum atomic E-state index is -1.69. The lowest BCUT2D eigenvalue weighted by Crippen LogP contribution is -2.39. The van der Waals surface area contributed by atoms with Gasteiger partial charge in [0.25, 0.3) is 0 Å². The quantitative estimate of drug-likeness (QED) is 0.817. The standard InChI is InChI=1S/C15H18BFO2/c1-2-9-15(16(18)19)10-8-13(11-14(15)17)12-6-4-3-5-7-12/h3-8,10-11,14,18-19H,2,9H2,1H3. The second-order valence-corrected chi connectivity index (χ2v) is 4.96. The average Bonchev–Trinajstić information content (AvgIpc) is 2.42. The van der Waals surface area contributed by atoms with Gasteiger partial charge in [-0.2, -0.15) is 0 Å². The van der Waals surface area contributed by atoms with Crippen molar-refractivity contribution in [3.8, 4) is 0 Å². The minimum Gasteiger partial charge on any atom is -0.426 e. The van der Waals surface area contributed by atoms with E-state index in [2.05, 4.69) is 0 Å². The summed E-state index contributed by atoms with van der Waals surface area (Å²) in [5, 5.41) is 17.8. The highest BCUT2D eigenvalue weighted by Gasteiger charge is 2.47. The van der Waals surface area contributed by atoms with Crippen molar-refractivity contribution in [2.45, 2.75) is 31.3 Å². The summed E-state index contributed by atoms with van der Waals surface area (Å²) in [6.07, 6.45) is 4.56. The van der Waals surface area contributed by atoms with E-state index in [1.807, 2.05) is 37.3 Å². The zero-order valence-corrected chi connectivity index (χ0v) is 11.0. The van der Waals surface area contributed by atoms with Gasteiger partial charge >= 0.3 is 7.12 Å². The predicted molar refractivity (Wildman–Crippen MR) is 76.2 cm³/mol. The van der Waals surface area contributed by atoms with Gasteiger partial charge in [-0.1, -0.05) is 55.8 Å². The van der Waals surface area contributed by atoms with Crippen LogP contribution in [0.15, 0.2) is 48.6 Å². The third-order valence-electron chi connectivity index (χ3n) is 3.68. The number of benzene rings is 1. The summed E-state index contributed by atoms with van der Waals surface area (Å²) in [5.41, 5.74) is 1.71. The van der Waals surface area contributed by atoms with Gasteiger partial charge in [0.05, 0.1) is 5.31 Å². The van der Waals surface area contributed by atoms with Crippen molar-refractivity contribution < 1.29 is 14.4 Å². The second kappa shape index (κ2) is 5.72. The summed E-state index contributed by atoms with van der Waals surface area (Å²) >= 11 is 0. The van der Waals surface area contributed by atoms with Crippen molar-refractivity contribution in [3.05, 3.63) is 54.1 Å². The van der Waals surface area contributed by atoms with E-state index in [-0.39, 0.29) is 0 Å². The molecule has 0 amide bonds. The van der Waals surface area contributed by atoms with Gasteiger partial charge in [-0.25, -0.2) is 4.39 Å². The number of allylic oxidation sites excluding steroid dienone is 4. The molecule has 1 aliphatic carbocycles. The van der Waals surface area contributed by atoms with Crippen LogP contribution in [-0.4, -0.2) is 23.3 Å². The summed E-state index contributed by atoms with van der Waals surface area (Å²) in [4.78, 5) is 0. The lowest BCUT2D eigenvalue weighted by Gasteiger charge is -2.34. The van der Waals surface area contributed by atoms with Gasteiger partial charge in [0, 0.05) is 0 Å². The van der Waals surface area contributed by atoms with Gasteiger partial charge in [-0.3, -0.25) is 0 Å². The van der Waals surface area contributed by atoms with E-state index >= 15 is 0 Å². The van der Waals surface area contributed by atoms with Crippen LogP contribution in [-0.2, 0) is 0 Å².